The molecule has 2 rings (SSSR count). The van der Waals surface area contributed by atoms with Crippen LogP contribution in [-0.4, -0.2) is 18.3 Å². The maximum Gasteiger partial charge on any atom is 0.136 e. The Balaban J connectivity index is 1.73. The van der Waals surface area contributed by atoms with Crippen molar-refractivity contribution < 1.29 is 4.39 Å². The van der Waals surface area contributed by atoms with Crippen molar-refractivity contribution in [3.05, 3.63) is 42.2 Å². The molecule has 0 atom stereocenters. The van der Waals surface area contributed by atoms with Gasteiger partial charge in [0, 0.05) is 23.2 Å². The molecule has 0 spiro atoms. The summed E-state index contributed by atoms with van der Waals surface area (Å²) in [6, 6.07) is 7.57. The molecule has 3 heteroatoms. The number of hydrogen-bond acceptors (Lipinski definition) is 2. The molecule has 1 nitrogen and oxygen atoms in total. The molecule has 0 aromatic heterocycles. The van der Waals surface area contributed by atoms with Crippen LogP contribution in [0.5, 0.6) is 0 Å². The Morgan fingerprint density at radius 1 is 1.44 bits per heavy atom. The largest absolute Gasteiger partial charge is 0.310 e. The van der Waals surface area contributed by atoms with Gasteiger partial charge in [0.1, 0.15) is 5.82 Å². The lowest BCUT2D eigenvalue weighted by Gasteiger charge is -2.07. The minimum absolute atomic E-state index is 0.143. The normalized spacial score (nSPS) is 15.1. The molecule has 0 amide bonds. The Hall–Kier alpha value is -0.800. The van der Waals surface area contributed by atoms with Crippen molar-refractivity contribution in [2.24, 2.45) is 0 Å². The van der Waals surface area contributed by atoms with E-state index in [-0.39, 0.29) is 5.82 Å². The molecule has 86 valence electrons. The summed E-state index contributed by atoms with van der Waals surface area (Å²) in [5.41, 5.74) is 1.13. The van der Waals surface area contributed by atoms with E-state index in [2.05, 4.69) is 11.9 Å². The van der Waals surface area contributed by atoms with Gasteiger partial charge in [-0.25, -0.2) is 4.39 Å². The van der Waals surface area contributed by atoms with E-state index < -0.39 is 0 Å². The second-order valence-electron chi connectivity index (χ2n) is 4.12. The summed E-state index contributed by atoms with van der Waals surface area (Å²) in [5, 5.41) is 3.40. The minimum atomic E-state index is -0.143. The van der Waals surface area contributed by atoms with Gasteiger partial charge in [0.2, 0.25) is 0 Å². The van der Waals surface area contributed by atoms with Gasteiger partial charge in [0.05, 0.1) is 0 Å². The third-order valence-electron chi connectivity index (χ3n) is 2.49. The number of nitrogens with one attached hydrogen (secondary N) is 1. The van der Waals surface area contributed by atoms with Crippen molar-refractivity contribution in [1.29, 1.82) is 0 Å². The number of benzene rings is 1. The molecular weight excluding hydrogens is 221 g/mol. The zero-order valence-electron chi connectivity index (χ0n) is 9.21. The Bertz CT molecular complexity index is 374. The fraction of sp³-hybridized carbons (Fsp3) is 0.385. The maximum atomic E-state index is 13.3. The summed E-state index contributed by atoms with van der Waals surface area (Å²) in [4.78, 5) is 0.704. The van der Waals surface area contributed by atoms with Crippen molar-refractivity contribution in [3.63, 3.8) is 0 Å². The summed E-state index contributed by atoms with van der Waals surface area (Å²) in [7, 11) is 0. The zero-order valence-corrected chi connectivity index (χ0v) is 10.0. The van der Waals surface area contributed by atoms with Crippen LogP contribution in [0.3, 0.4) is 0 Å². The van der Waals surface area contributed by atoms with E-state index in [0.717, 1.165) is 17.9 Å². The highest BCUT2D eigenvalue weighted by atomic mass is 32.2. The fourth-order valence-electron chi connectivity index (χ4n) is 1.37. The molecule has 0 radical (unpaired) electrons. The van der Waals surface area contributed by atoms with Crippen LogP contribution in [0.2, 0.25) is 0 Å². The molecule has 1 aromatic rings. The highest BCUT2D eigenvalue weighted by molar-refractivity contribution is 7.99. The second kappa shape index (κ2) is 5.51. The molecule has 1 aromatic carbocycles. The van der Waals surface area contributed by atoms with Crippen molar-refractivity contribution in [2.75, 3.05) is 12.3 Å². The quantitative estimate of drug-likeness (QED) is 0.602. The van der Waals surface area contributed by atoms with Gasteiger partial charge in [-0.05, 0) is 25.0 Å². The first-order valence-electron chi connectivity index (χ1n) is 5.53. The summed E-state index contributed by atoms with van der Waals surface area (Å²) in [6.45, 7) is 4.85. The minimum Gasteiger partial charge on any atom is -0.310 e. The molecule has 0 unspecified atom stereocenters. The third-order valence-corrected chi connectivity index (χ3v) is 3.68. The average molecular weight is 237 g/mol. The van der Waals surface area contributed by atoms with E-state index in [1.54, 1.807) is 6.07 Å². The fourth-order valence-corrected chi connectivity index (χ4v) is 2.21. The molecular formula is C13H16FNS. The Morgan fingerprint density at radius 2 is 2.19 bits per heavy atom. The maximum absolute atomic E-state index is 13.3. The van der Waals surface area contributed by atoms with Crippen molar-refractivity contribution in [2.45, 2.75) is 23.8 Å². The van der Waals surface area contributed by atoms with E-state index in [1.165, 1.54) is 30.7 Å². The molecule has 1 N–H and O–H groups in total. The van der Waals surface area contributed by atoms with Crippen LogP contribution in [0.25, 0.3) is 0 Å². The summed E-state index contributed by atoms with van der Waals surface area (Å²) in [6.07, 6.45) is 2.57. The molecule has 0 bridgehead atoms. The molecule has 0 saturated heterocycles. The van der Waals surface area contributed by atoms with Crippen molar-refractivity contribution >= 4 is 11.8 Å². The van der Waals surface area contributed by atoms with Gasteiger partial charge < -0.3 is 5.32 Å². The molecule has 0 aliphatic heterocycles. The summed E-state index contributed by atoms with van der Waals surface area (Å²) < 4.78 is 13.3. The highest BCUT2D eigenvalue weighted by Crippen LogP contribution is 2.23. The van der Waals surface area contributed by atoms with Gasteiger partial charge in [0.25, 0.3) is 0 Å². The van der Waals surface area contributed by atoms with Crippen LogP contribution in [0, 0.1) is 5.82 Å². The molecule has 1 fully saturated rings. The predicted molar refractivity (Wildman–Crippen MR) is 67.3 cm³/mol. The van der Waals surface area contributed by atoms with Crippen LogP contribution >= 0.6 is 11.8 Å². The SMILES string of the molecule is C=C(CNC1CC1)CSc1ccccc1F. The first-order chi connectivity index (χ1) is 7.75. The lowest BCUT2D eigenvalue weighted by Crippen LogP contribution is -2.19. The average Bonchev–Trinajstić information content (AvgIpc) is 3.09. The van der Waals surface area contributed by atoms with Crippen LogP contribution in [0.1, 0.15) is 12.8 Å². The molecule has 0 heterocycles. The number of rotatable bonds is 6. The van der Waals surface area contributed by atoms with Crippen LogP contribution in [-0.2, 0) is 0 Å². The van der Waals surface area contributed by atoms with Gasteiger partial charge >= 0.3 is 0 Å². The highest BCUT2D eigenvalue weighted by Gasteiger charge is 2.19. The Morgan fingerprint density at radius 3 is 2.88 bits per heavy atom. The van der Waals surface area contributed by atoms with Crippen LogP contribution in [0.4, 0.5) is 4.39 Å². The Labute approximate surface area is 100 Å². The lowest BCUT2D eigenvalue weighted by atomic mass is 10.3. The first kappa shape index (κ1) is 11.7. The van der Waals surface area contributed by atoms with Gasteiger partial charge in [-0.15, -0.1) is 11.8 Å². The van der Waals surface area contributed by atoms with E-state index in [1.807, 2.05) is 12.1 Å². The number of halogens is 1. The molecule has 16 heavy (non-hydrogen) atoms. The van der Waals surface area contributed by atoms with E-state index in [0.29, 0.717) is 10.9 Å². The summed E-state index contributed by atoms with van der Waals surface area (Å²) in [5.74, 6) is 0.635. The van der Waals surface area contributed by atoms with E-state index in [4.69, 9.17) is 0 Å². The monoisotopic (exact) mass is 237 g/mol. The van der Waals surface area contributed by atoms with Crippen molar-refractivity contribution in [1.82, 2.24) is 5.32 Å². The van der Waals surface area contributed by atoms with E-state index in [9.17, 15) is 4.39 Å². The van der Waals surface area contributed by atoms with Gasteiger partial charge in [-0.2, -0.15) is 0 Å². The third kappa shape index (κ3) is 3.65. The van der Waals surface area contributed by atoms with Gasteiger partial charge in [-0.1, -0.05) is 24.3 Å². The zero-order chi connectivity index (χ0) is 11.4. The van der Waals surface area contributed by atoms with E-state index >= 15 is 0 Å². The number of thioether (sulfide) groups is 1. The standard InChI is InChI=1S/C13H16FNS/c1-10(8-15-11-6-7-11)9-16-13-5-3-2-4-12(13)14/h2-5,11,15H,1,6-9H2. The Kier molecular flexibility index (Phi) is 4.02. The first-order valence-corrected chi connectivity index (χ1v) is 6.51. The molecule has 1 aliphatic carbocycles. The molecule has 1 aliphatic rings. The van der Waals surface area contributed by atoms with Gasteiger partial charge in [-0.3, -0.25) is 0 Å². The summed E-state index contributed by atoms with van der Waals surface area (Å²) >= 11 is 1.51. The van der Waals surface area contributed by atoms with Crippen molar-refractivity contribution in [3.8, 4) is 0 Å². The number of hydrogen-bond donors (Lipinski definition) is 1. The topological polar surface area (TPSA) is 12.0 Å². The second-order valence-corrected chi connectivity index (χ2v) is 5.14. The lowest BCUT2D eigenvalue weighted by molar-refractivity contribution is 0.602. The smallest absolute Gasteiger partial charge is 0.136 e. The van der Waals surface area contributed by atoms with Crippen LogP contribution < -0.4 is 5.32 Å². The predicted octanol–water partition coefficient (Wildman–Crippen LogP) is 3.23. The molecule has 1 saturated carbocycles. The van der Waals surface area contributed by atoms with Gasteiger partial charge in [0.15, 0.2) is 0 Å². The van der Waals surface area contributed by atoms with Crippen LogP contribution in [0.15, 0.2) is 41.3 Å².